The molecule has 0 bridgehead atoms. The Kier molecular flexibility index (Phi) is 4.25. The van der Waals surface area contributed by atoms with Gasteiger partial charge in [-0.2, -0.15) is 4.98 Å². The van der Waals surface area contributed by atoms with Gasteiger partial charge in [0, 0.05) is 29.7 Å². The number of pyridine rings is 1. The van der Waals surface area contributed by atoms with Crippen LogP contribution in [0.4, 0.5) is 11.6 Å². The average molecular weight is 364 g/mol. The van der Waals surface area contributed by atoms with E-state index in [-0.39, 0.29) is 24.2 Å². The van der Waals surface area contributed by atoms with Crippen LogP contribution in [-0.2, 0) is 9.59 Å². The van der Waals surface area contributed by atoms with Crippen molar-refractivity contribution in [1.82, 2.24) is 19.7 Å². The van der Waals surface area contributed by atoms with Crippen molar-refractivity contribution in [3.05, 3.63) is 48.8 Å². The van der Waals surface area contributed by atoms with E-state index >= 15 is 0 Å². The van der Waals surface area contributed by atoms with Crippen molar-refractivity contribution in [2.75, 3.05) is 17.7 Å². The second-order valence-electron chi connectivity index (χ2n) is 5.93. The summed E-state index contributed by atoms with van der Waals surface area (Å²) in [5.74, 6) is 0.588. The molecule has 3 aromatic rings. The first-order valence-electron chi connectivity index (χ1n) is 8.26. The molecule has 1 aliphatic rings. The molecule has 2 aromatic heterocycles. The van der Waals surface area contributed by atoms with Crippen LogP contribution in [0, 0.1) is 0 Å². The maximum absolute atomic E-state index is 12.8. The lowest BCUT2D eigenvalue weighted by molar-refractivity contribution is -0.125. The van der Waals surface area contributed by atoms with Gasteiger partial charge in [0.15, 0.2) is 5.82 Å². The van der Waals surface area contributed by atoms with Gasteiger partial charge < -0.3 is 10.1 Å². The lowest BCUT2D eigenvalue weighted by atomic mass is 10.1. The minimum atomic E-state index is -0.808. The van der Waals surface area contributed by atoms with Gasteiger partial charge in [-0.1, -0.05) is 6.07 Å². The van der Waals surface area contributed by atoms with E-state index in [9.17, 15) is 9.59 Å². The number of hydrogen-bond donors (Lipinski definition) is 2. The lowest BCUT2D eigenvalue weighted by Gasteiger charge is -2.22. The van der Waals surface area contributed by atoms with Crippen LogP contribution in [-0.4, -0.2) is 38.7 Å². The smallest absolute Gasteiger partial charge is 0.249 e. The Bertz CT molecular complexity index is 1000. The van der Waals surface area contributed by atoms with Gasteiger partial charge in [0.05, 0.1) is 13.5 Å². The standard InChI is InChI=1S/C18H16N6O3/c1-27-13-6-2-5-12(8-13)20-17(26)14-9-15(25)21-18-22-16(23-24(14)18)11-4-3-7-19-10-11/h2-8,10,14H,9H2,1H3,(H,20,26)(H,21,22,23,25). The van der Waals surface area contributed by atoms with Crippen molar-refractivity contribution in [1.29, 1.82) is 0 Å². The summed E-state index contributed by atoms with van der Waals surface area (Å²) in [6.07, 6.45) is 3.23. The van der Waals surface area contributed by atoms with Crippen molar-refractivity contribution >= 4 is 23.5 Å². The van der Waals surface area contributed by atoms with E-state index in [1.54, 1.807) is 49.8 Å². The highest BCUT2D eigenvalue weighted by Crippen LogP contribution is 2.27. The van der Waals surface area contributed by atoms with Gasteiger partial charge in [0.2, 0.25) is 17.8 Å². The summed E-state index contributed by atoms with van der Waals surface area (Å²) in [5.41, 5.74) is 1.26. The molecule has 3 heterocycles. The number of carbonyl (C=O) groups is 2. The van der Waals surface area contributed by atoms with Crippen LogP contribution < -0.4 is 15.4 Å². The number of hydrogen-bond acceptors (Lipinski definition) is 6. The van der Waals surface area contributed by atoms with E-state index < -0.39 is 6.04 Å². The van der Waals surface area contributed by atoms with Gasteiger partial charge in [0.25, 0.3) is 0 Å². The molecule has 27 heavy (non-hydrogen) atoms. The molecule has 136 valence electrons. The number of amides is 2. The Labute approximate surface area is 154 Å². The van der Waals surface area contributed by atoms with Crippen LogP contribution in [0.1, 0.15) is 12.5 Å². The second-order valence-corrected chi connectivity index (χ2v) is 5.93. The molecule has 0 fully saturated rings. The largest absolute Gasteiger partial charge is 0.497 e. The molecular formula is C18H16N6O3. The number of ether oxygens (including phenoxy) is 1. The molecule has 1 atom stereocenters. The first kappa shape index (κ1) is 16.7. The predicted molar refractivity (Wildman–Crippen MR) is 97.2 cm³/mol. The highest BCUT2D eigenvalue weighted by Gasteiger charge is 2.33. The monoisotopic (exact) mass is 364 g/mol. The zero-order valence-electron chi connectivity index (χ0n) is 14.4. The number of anilines is 2. The number of nitrogens with one attached hydrogen (secondary N) is 2. The molecule has 0 aliphatic carbocycles. The van der Waals surface area contributed by atoms with Gasteiger partial charge in [-0.3, -0.25) is 19.9 Å². The normalized spacial score (nSPS) is 15.6. The van der Waals surface area contributed by atoms with Crippen LogP contribution in [0.25, 0.3) is 11.4 Å². The van der Waals surface area contributed by atoms with E-state index in [1.807, 2.05) is 6.07 Å². The number of nitrogens with zero attached hydrogens (tertiary/aromatic N) is 4. The highest BCUT2D eigenvalue weighted by atomic mass is 16.5. The van der Waals surface area contributed by atoms with Crippen molar-refractivity contribution in [2.45, 2.75) is 12.5 Å². The number of rotatable bonds is 4. The zero-order chi connectivity index (χ0) is 18.8. The third-order valence-corrected chi connectivity index (χ3v) is 4.12. The van der Waals surface area contributed by atoms with Gasteiger partial charge in [-0.05, 0) is 24.3 Å². The molecule has 2 N–H and O–H groups in total. The minimum Gasteiger partial charge on any atom is -0.497 e. The number of carbonyl (C=O) groups excluding carboxylic acids is 2. The zero-order valence-corrected chi connectivity index (χ0v) is 14.4. The first-order valence-corrected chi connectivity index (χ1v) is 8.26. The van der Waals surface area contributed by atoms with Gasteiger partial charge >= 0.3 is 0 Å². The molecule has 0 spiro atoms. The summed E-state index contributed by atoms with van der Waals surface area (Å²) < 4.78 is 6.59. The van der Waals surface area contributed by atoms with Crippen LogP contribution in [0.2, 0.25) is 0 Å². The summed E-state index contributed by atoms with van der Waals surface area (Å²) in [6, 6.07) is 9.75. The molecule has 1 aliphatic heterocycles. The van der Waals surface area contributed by atoms with Crippen LogP contribution in [0.5, 0.6) is 5.75 Å². The van der Waals surface area contributed by atoms with Crippen LogP contribution in [0.15, 0.2) is 48.8 Å². The Hall–Kier alpha value is -3.75. The van der Waals surface area contributed by atoms with Crippen molar-refractivity contribution in [3.63, 3.8) is 0 Å². The van der Waals surface area contributed by atoms with E-state index in [2.05, 4.69) is 25.7 Å². The van der Waals surface area contributed by atoms with E-state index in [0.717, 1.165) is 0 Å². The summed E-state index contributed by atoms with van der Waals surface area (Å²) in [4.78, 5) is 33.2. The molecule has 4 rings (SSSR count). The van der Waals surface area contributed by atoms with E-state index in [1.165, 1.54) is 4.68 Å². The number of benzene rings is 1. The lowest BCUT2D eigenvalue weighted by Crippen LogP contribution is -2.36. The number of aromatic nitrogens is 4. The Morgan fingerprint density at radius 2 is 2.22 bits per heavy atom. The molecule has 9 heteroatoms. The van der Waals surface area contributed by atoms with E-state index in [4.69, 9.17) is 4.74 Å². The second kappa shape index (κ2) is 6.87. The summed E-state index contributed by atoms with van der Waals surface area (Å²) in [6.45, 7) is 0. The minimum absolute atomic E-state index is 0.0291. The van der Waals surface area contributed by atoms with Crippen molar-refractivity contribution in [3.8, 4) is 17.1 Å². The fourth-order valence-corrected chi connectivity index (χ4v) is 2.81. The molecule has 0 radical (unpaired) electrons. The van der Waals surface area contributed by atoms with Gasteiger partial charge in [0.1, 0.15) is 11.8 Å². The summed E-state index contributed by atoms with van der Waals surface area (Å²) >= 11 is 0. The fourth-order valence-electron chi connectivity index (χ4n) is 2.81. The Morgan fingerprint density at radius 3 is 3.00 bits per heavy atom. The SMILES string of the molecule is COc1cccc(NC(=O)C2CC(=O)Nc3nc(-c4cccnc4)nn32)c1. The van der Waals surface area contributed by atoms with Gasteiger partial charge in [-0.15, -0.1) is 5.10 Å². The average Bonchev–Trinajstić information content (AvgIpc) is 3.12. The van der Waals surface area contributed by atoms with Crippen molar-refractivity contribution in [2.24, 2.45) is 0 Å². The summed E-state index contributed by atoms with van der Waals surface area (Å²) in [5, 5.41) is 9.84. The third-order valence-electron chi connectivity index (χ3n) is 4.12. The molecule has 1 unspecified atom stereocenters. The van der Waals surface area contributed by atoms with E-state index in [0.29, 0.717) is 22.8 Å². The molecular weight excluding hydrogens is 348 g/mol. The Balaban J connectivity index is 1.63. The van der Waals surface area contributed by atoms with Crippen LogP contribution in [0.3, 0.4) is 0 Å². The topological polar surface area (TPSA) is 111 Å². The van der Waals surface area contributed by atoms with Crippen molar-refractivity contribution < 1.29 is 14.3 Å². The molecule has 9 nitrogen and oxygen atoms in total. The number of methoxy groups -OCH3 is 1. The fraction of sp³-hybridized carbons (Fsp3) is 0.167. The molecule has 2 amide bonds. The van der Waals surface area contributed by atoms with Crippen LogP contribution >= 0.6 is 0 Å². The quantitative estimate of drug-likeness (QED) is 0.731. The molecule has 0 saturated carbocycles. The third kappa shape index (κ3) is 3.34. The first-order chi connectivity index (χ1) is 13.1. The maximum Gasteiger partial charge on any atom is 0.249 e. The summed E-state index contributed by atoms with van der Waals surface area (Å²) in [7, 11) is 1.55. The highest BCUT2D eigenvalue weighted by molar-refractivity contribution is 6.00. The Morgan fingerprint density at radius 1 is 1.33 bits per heavy atom. The number of fused-ring (bicyclic) bond motifs is 1. The molecule has 0 saturated heterocycles. The maximum atomic E-state index is 12.8. The predicted octanol–water partition coefficient (Wildman–Crippen LogP) is 1.87. The molecule has 1 aromatic carbocycles. The van der Waals surface area contributed by atoms with Gasteiger partial charge in [-0.25, -0.2) is 4.68 Å².